The second-order valence-electron chi connectivity index (χ2n) is 3.38. The third kappa shape index (κ3) is 2.80. The first-order valence-electron chi connectivity index (χ1n) is 5.13. The summed E-state index contributed by atoms with van der Waals surface area (Å²) in [6.45, 7) is 0. The molecule has 18 heavy (non-hydrogen) atoms. The van der Waals surface area contributed by atoms with E-state index in [9.17, 15) is 4.21 Å². The lowest BCUT2D eigenvalue weighted by Gasteiger charge is -2.08. The number of nitrogens with zero attached hydrogens (tertiary/aromatic N) is 3. The van der Waals surface area contributed by atoms with Crippen LogP contribution in [0.15, 0.2) is 30.6 Å². The lowest BCUT2D eigenvalue weighted by atomic mass is 10.3. The molecule has 0 spiro atoms. The van der Waals surface area contributed by atoms with Crippen molar-refractivity contribution in [3.8, 4) is 17.3 Å². The maximum atomic E-state index is 11.2. The lowest BCUT2D eigenvalue weighted by Crippen LogP contribution is -2.06. The Hall–Kier alpha value is -2.02. The second kappa shape index (κ2) is 5.54. The predicted octanol–water partition coefficient (Wildman–Crippen LogP) is 1.25. The van der Waals surface area contributed by atoms with E-state index in [0.717, 1.165) is 0 Å². The summed E-state index contributed by atoms with van der Waals surface area (Å²) in [7, 11) is 0.269. The Morgan fingerprint density at radius 3 is 2.78 bits per heavy atom. The topological polar surface area (TPSA) is 77.0 Å². The van der Waals surface area contributed by atoms with E-state index in [-0.39, 0.29) is 0 Å². The zero-order valence-electron chi connectivity index (χ0n) is 9.95. The van der Waals surface area contributed by atoms with Crippen LogP contribution in [-0.2, 0) is 11.0 Å². The maximum absolute atomic E-state index is 11.2. The van der Waals surface area contributed by atoms with Gasteiger partial charge in [0.2, 0.25) is 0 Å². The molecule has 1 atom stereocenters. The predicted molar refractivity (Wildman–Crippen MR) is 69.5 cm³/mol. The molecule has 0 aliphatic carbocycles. The number of hydrogen-bond acceptors (Lipinski definition) is 5. The highest BCUT2D eigenvalue weighted by Crippen LogP contribution is 2.23. The number of ether oxygens (including phenoxy) is 1. The molecular formula is C11H12N4O2S. The third-order valence-corrected chi connectivity index (χ3v) is 2.59. The Labute approximate surface area is 107 Å². The zero-order chi connectivity index (χ0) is 13.0. The van der Waals surface area contributed by atoms with Crippen molar-refractivity contribution < 1.29 is 8.95 Å². The Morgan fingerprint density at radius 2 is 2.17 bits per heavy atom. The fraction of sp³-hybridized carbons (Fsp3) is 0.182. The highest BCUT2D eigenvalue weighted by Gasteiger charge is 2.10. The summed E-state index contributed by atoms with van der Waals surface area (Å²) in [6, 6.07) is 5.46. The van der Waals surface area contributed by atoms with E-state index in [0.29, 0.717) is 23.1 Å². The standard InChI is InChI=1S/C11H12N4O2S/c1-17-9-7-13-10(8-5-3-4-6-12-8)14-11(9)15-18(2)16/h3-7H,1-2H3,(H,13,14,15). The van der Waals surface area contributed by atoms with E-state index in [1.54, 1.807) is 12.3 Å². The zero-order valence-corrected chi connectivity index (χ0v) is 10.8. The SMILES string of the molecule is COc1cnc(-c2ccccn2)nc1NS(C)=O. The van der Waals surface area contributed by atoms with E-state index in [2.05, 4.69) is 19.7 Å². The van der Waals surface area contributed by atoms with E-state index in [1.165, 1.54) is 19.6 Å². The van der Waals surface area contributed by atoms with Gasteiger partial charge in [0.05, 0.1) is 13.3 Å². The quantitative estimate of drug-likeness (QED) is 0.899. The number of methoxy groups -OCH3 is 1. The molecular weight excluding hydrogens is 252 g/mol. The summed E-state index contributed by atoms with van der Waals surface area (Å²) < 4.78 is 19.0. The number of anilines is 1. The molecule has 2 rings (SSSR count). The van der Waals surface area contributed by atoms with Crippen LogP contribution in [0.2, 0.25) is 0 Å². The molecule has 1 N–H and O–H groups in total. The highest BCUT2D eigenvalue weighted by molar-refractivity contribution is 7.85. The molecule has 0 radical (unpaired) electrons. The molecule has 0 amide bonds. The minimum atomic E-state index is -1.23. The smallest absolute Gasteiger partial charge is 0.184 e. The van der Waals surface area contributed by atoms with Crippen molar-refractivity contribution in [1.82, 2.24) is 15.0 Å². The van der Waals surface area contributed by atoms with Gasteiger partial charge in [0.25, 0.3) is 0 Å². The maximum Gasteiger partial charge on any atom is 0.184 e. The molecule has 6 nitrogen and oxygen atoms in total. The van der Waals surface area contributed by atoms with Crippen LogP contribution in [0.5, 0.6) is 5.75 Å². The largest absolute Gasteiger partial charge is 0.491 e. The van der Waals surface area contributed by atoms with Gasteiger partial charge in [-0.25, -0.2) is 14.2 Å². The second-order valence-corrected chi connectivity index (χ2v) is 4.49. The molecule has 0 saturated heterocycles. The molecule has 7 heteroatoms. The van der Waals surface area contributed by atoms with E-state index >= 15 is 0 Å². The van der Waals surface area contributed by atoms with E-state index < -0.39 is 11.0 Å². The average molecular weight is 264 g/mol. The summed E-state index contributed by atoms with van der Waals surface area (Å²) in [5.74, 6) is 1.27. The molecule has 0 aromatic carbocycles. The normalized spacial score (nSPS) is 11.9. The van der Waals surface area contributed by atoms with Crippen LogP contribution in [-0.4, -0.2) is 32.5 Å². The molecule has 0 saturated carbocycles. The Morgan fingerprint density at radius 1 is 1.33 bits per heavy atom. The molecule has 2 aromatic heterocycles. The number of aromatic nitrogens is 3. The van der Waals surface area contributed by atoms with Gasteiger partial charge >= 0.3 is 0 Å². The van der Waals surface area contributed by atoms with Gasteiger partial charge in [-0.2, -0.15) is 0 Å². The molecule has 2 heterocycles. The number of pyridine rings is 1. The first-order chi connectivity index (χ1) is 8.70. The van der Waals surface area contributed by atoms with Crippen LogP contribution in [0.25, 0.3) is 11.5 Å². The first kappa shape index (κ1) is 12.4. The first-order valence-corrected chi connectivity index (χ1v) is 6.69. The summed E-state index contributed by atoms with van der Waals surface area (Å²) >= 11 is 0. The van der Waals surface area contributed by atoms with Crippen molar-refractivity contribution in [3.05, 3.63) is 30.6 Å². The fourth-order valence-corrected chi connectivity index (χ4v) is 1.77. The van der Waals surface area contributed by atoms with Crippen molar-refractivity contribution >= 4 is 16.8 Å². The van der Waals surface area contributed by atoms with Crippen molar-refractivity contribution in [2.45, 2.75) is 0 Å². The molecule has 0 fully saturated rings. The molecule has 1 unspecified atom stereocenters. The van der Waals surface area contributed by atoms with E-state index in [4.69, 9.17) is 4.74 Å². The van der Waals surface area contributed by atoms with Crippen LogP contribution in [0.1, 0.15) is 0 Å². The monoisotopic (exact) mass is 264 g/mol. The van der Waals surface area contributed by atoms with Crippen molar-refractivity contribution in [2.75, 3.05) is 18.1 Å². The number of nitrogens with one attached hydrogen (secondary N) is 1. The van der Waals surface area contributed by atoms with Crippen molar-refractivity contribution in [3.63, 3.8) is 0 Å². The summed E-state index contributed by atoms with van der Waals surface area (Å²) in [5.41, 5.74) is 0.644. The minimum absolute atomic E-state index is 0.383. The lowest BCUT2D eigenvalue weighted by molar-refractivity contribution is 0.413. The summed E-state index contributed by atoms with van der Waals surface area (Å²) in [4.78, 5) is 12.6. The van der Waals surface area contributed by atoms with E-state index in [1.807, 2.05) is 12.1 Å². The molecule has 94 valence electrons. The Kier molecular flexibility index (Phi) is 3.83. The van der Waals surface area contributed by atoms with Crippen LogP contribution < -0.4 is 9.46 Å². The van der Waals surface area contributed by atoms with Gasteiger partial charge in [-0.3, -0.25) is 9.71 Å². The Bertz CT molecular complexity index is 562. The molecule has 2 aromatic rings. The fourth-order valence-electron chi connectivity index (χ4n) is 1.35. The van der Waals surface area contributed by atoms with Crippen molar-refractivity contribution in [2.24, 2.45) is 0 Å². The van der Waals surface area contributed by atoms with Crippen LogP contribution in [0.4, 0.5) is 5.82 Å². The van der Waals surface area contributed by atoms with Crippen LogP contribution >= 0.6 is 0 Å². The van der Waals surface area contributed by atoms with Gasteiger partial charge in [0, 0.05) is 12.5 Å². The molecule has 0 aliphatic rings. The summed E-state index contributed by atoms with van der Waals surface area (Å²) in [6.07, 6.45) is 4.70. The number of rotatable bonds is 4. The summed E-state index contributed by atoms with van der Waals surface area (Å²) in [5, 5.41) is 0. The van der Waals surface area contributed by atoms with Gasteiger partial charge in [-0.1, -0.05) is 6.07 Å². The van der Waals surface area contributed by atoms with Gasteiger partial charge < -0.3 is 4.74 Å². The minimum Gasteiger partial charge on any atom is -0.491 e. The van der Waals surface area contributed by atoms with Crippen LogP contribution in [0, 0.1) is 0 Å². The highest BCUT2D eigenvalue weighted by atomic mass is 32.2. The van der Waals surface area contributed by atoms with Gasteiger partial charge in [-0.15, -0.1) is 0 Å². The average Bonchev–Trinajstić information content (AvgIpc) is 2.39. The molecule has 0 aliphatic heterocycles. The number of hydrogen-bond donors (Lipinski definition) is 1. The van der Waals surface area contributed by atoms with Crippen LogP contribution in [0.3, 0.4) is 0 Å². The van der Waals surface area contributed by atoms with Crippen molar-refractivity contribution in [1.29, 1.82) is 0 Å². The molecule has 0 bridgehead atoms. The van der Waals surface area contributed by atoms with Gasteiger partial charge in [0.1, 0.15) is 16.7 Å². The van der Waals surface area contributed by atoms with Gasteiger partial charge in [-0.05, 0) is 12.1 Å². The van der Waals surface area contributed by atoms with Gasteiger partial charge in [0.15, 0.2) is 17.4 Å². The third-order valence-electron chi connectivity index (χ3n) is 2.11. The Balaban J connectivity index is 2.42.